The topological polar surface area (TPSA) is 51.2 Å². The number of nitrogens with one attached hydrogen (secondary N) is 1. The molecule has 0 radical (unpaired) electrons. The summed E-state index contributed by atoms with van der Waals surface area (Å²) < 4.78 is 5.67. The van der Waals surface area contributed by atoms with Crippen molar-refractivity contribution in [1.82, 2.24) is 4.98 Å². The van der Waals surface area contributed by atoms with Crippen LogP contribution in [0, 0.1) is 0 Å². The van der Waals surface area contributed by atoms with Gasteiger partial charge in [-0.3, -0.25) is 9.78 Å². The Kier molecular flexibility index (Phi) is 6.75. The number of rotatable bonds is 7. The van der Waals surface area contributed by atoms with E-state index in [1.165, 1.54) is 48.8 Å². The Bertz CT molecular complexity index is 931. The van der Waals surface area contributed by atoms with Gasteiger partial charge >= 0.3 is 0 Å². The van der Waals surface area contributed by atoms with Crippen molar-refractivity contribution in [2.75, 3.05) is 11.9 Å². The fourth-order valence-corrected chi connectivity index (χ4v) is 4.06. The molecule has 154 valence electrons. The Morgan fingerprint density at radius 2 is 1.53 bits per heavy atom. The van der Waals surface area contributed by atoms with Crippen LogP contribution in [0.15, 0.2) is 73.1 Å². The Morgan fingerprint density at radius 1 is 0.867 bits per heavy atom. The van der Waals surface area contributed by atoms with E-state index in [4.69, 9.17) is 4.74 Å². The highest BCUT2D eigenvalue weighted by molar-refractivity contribution is 5.91. The highest BCUT2D eigenvalue weighted by atomic mass is 16.5. The van der Waals surface area contributed by atoms with Crippen molar-refractivity contribution in [3.05, 3.63) is 89.7 Å². The Hall–Kier alpha value is -3.14. The summed E-state index contributed by atoms with van der Waals surface area (Å²) in [7, 11) is 0. The minimum absolute atomic E-state index is 0.00153. The van der Waals surface area contributed by atoms with Gasteiger partial charge in [-0.1, -0.05) is 43.5 Å². The second kappa shape index (κ2) is 10.1. The number of ether oxygens (including phenoxy) is 1. The van der Waals surface area contributed by atoms with Crippen molar-refractivity contribution < 1.29 is 9.53 Å². The molecule has 0 spiro atoms. The third-order valence-corrected chi connectivity index (χ3v) is 5.72. The van der Waals surface area contributed by atoms with Crippen molar-refractivity contribution >= 4 is 11.6 Å². The number of carbonyl (C=O) groups is 1. The number of aromatic nitrogens is 1. The number of anilines is 1. The van der Waals surface area contributed by atoms with Crippen LogP contribution in [-0.4, -0.2) is 17.5 Å². The molecule has 0 saturated heterocycles. The molecule has 4 nitrogen and oxygen atoms in total. The largest absolute Gasteiger partial charge is 0.484 e. The third kappa shape index (κ3) is 5.69. The predicted octanol–water partition coefficient (Wildman–Crippen LogP) is 5.74. The highest BCUT2D eigenvalue weighted by Crippen LogP contribution is 2.33. The van der Waals surface area contributed by atoms with Gasteiger partial charge in [-0.05, 0) is 78.3 Å². The average Bonchev–Trinajstić information content (AvgIpc) is 2.81. The van der Waals surface area contributed by atoms with Crippen molar-refractivity contribution in [2.45, 2.75) is 44.4 Å². The molecule has 3 aromatic rings. The first-order chi connectivity index (χ1) is 14.8. The van der Waals surface area contributed by atoms with E-state index < -0.39 is 0 Å². The van der Waals surface area contributed by atoms with Crippen molar-refractivity contribution in [3.63, 3.8) is 0 Å². The lowest BCUT2D eigenvalue weighted by atomic mass is 9.84. The summed E-state index contributed by atoms with van der Waals surface area (Å²) in [6.45, 7) is 0.00153. The van der Waals surface area contributed by atoms with Crippen LogP contribution in [0.4, 0.5) is 5.69 Å². The summed E-state index contributed by atoms with van der Waals surface area (Å²) in [5.41, 5.74) is 4.56. The first kappa shape index (κ1) is 20.1. The van der Waals surface area contributed by atoms with Crippen LogP contribution in [0.2, 0.25) is 0 Å². The zero-order valence-electron chi connectivity index (χ0n) is 17.2. The Morgan fingerprint density at radius 3 is 2.23 bits per heavy atom. The lowest BCUT2D eigenvalue weighted by Crippen LogP contribution is -2.20. The van der Waals surface area contributed by atoms with Gasteiger partial charge in [0.1, 0.15) is 5.75 Å². The lowest BCUT2D eigenvalue weighted by molar-refractivity contribution is -0.118. The second-order valence-corrected chi connectivity index (χ2v) is 7.97. The van der Waals surface area contributed by atoms with Crippen molar-refractivity contribution in [2.24, 2.45) is 0 Å². The molecule has 1 heterocycles. The van der Waals surface area contributed by atoms with Crippen LogP contribution < -0.4 is 10.1 Å². The monoisotopic (exact) mass is 400 g/mol. The molecule has 0 aliphatic heterocycles. The summed E-state index contributed by atoms with van der Waals surface area (Å²) in [4.78, 5) is 16.3. The van der Waals surface area contributed by atoms with Gasteiger partial charge in [0.15, 0.2) is 6.61 Å². The molecule has 0 unspecified atom stereocenters. The van der Waals surface area contributed by atoms with E-state index in [9.17, 15) is 4.79 Å². The molecule has 30 heavy (non-hydrogen) atoms. The van der Waals surface area contributed by atoms with Crippen LogP contribution in [0.5, 0.6) is 5.75 Å². The van der Waals surface area contributed by atoms with Crippen molar-refractivity contribution in [1.29, 1.82) is 0 Å². The number of hydrogen-bond donors (Lipinski definition) is 1. The summed E-state index contributed by atoms with van der Waals surface area (Å²) in [5, 5.41) is 2.89. The maximum atomic E-state index is 12.2. The summed E-state index contributed by atoms with van der Waals surface area (Å²) in [6, 6.07) is 20.2. The second-order valence-electron chi connectivity index (χ2n) is 7.97. The van der Waals surface area contributed by atoms with E-state index >= 15 is 0 Å². The number of carbonyl (C=O) groups excluding carboxylic acids is 1. The molecule has 1 amide bonds. The van der Waals surface area contributed by atoms with Gasteiger partial charge in [0, 0.05) is 18.1 Å². The van der Waals surface area contributed by atoms with Crippen LogP contribution >= 0.6 is 0 Å². The predicted molar refractivity (Wildman–Crippen MR) is 120 cm³/mol. The van der Waals surface area contributed by atoms with Gasteiger partial charge in [0.05, 0.1) is 0 Å². The minimum Gasteiger partial charge on any atom is -0.484 e. The van der Waals surface area contributed by atoms with E-state index in [0.29, 0.717) is 5.92 Å². The fraction of sp³-hybridized carbons (Fsp3) is 0.308. The first-order valence-electron chi connectivity index (χ1n) is 10.8. The van der Waals surface area contributed by atoms with Gasteiger partial charge in [-0.15, -0.1) is 0 Å². The van der Waals surface area contributed by atoms with Crippen molar-refractivity contribution in [3.8, 4) is 5.75 Å². The number of amides is 1. The van der Waals surface area contributed by atoms with E-state index in [1.807, 2.05) is 48.5 Å². The molecule has 4 heteroatoms. The summed E-state index contributed by atoms with van der Waals surface area (Å²) >= 11 is 0. The summed E-state index contributed by atoms with van der Waals surface area (Å²) in [5.74, 6) is 1.25. The number of nitrogens with zero attached hydrogens (tertiary/aromatic N) is 1. The van der Waals surface area contributed by atoms with Gasteiger partial charge in [-0.2, -0.15) is 0 Å². The zero-order chi connectivity index (χ0) is 20.6. The molecule has 1 fully saturated rings. The quantitative estimate of drug-likeness (QED) is 0.550. The lowest BCUT2D eigenvalue weighted by Gasteiger charge is -2.22. The first-order valence-corrected chi connectivity index (χ1v) is 10.8. The number of benzene rings is 2. The molecular weight excluding hydrogens is 372 g/mol. The van der Waals surface area contributed by atoms with E-state index in [-0.39, 0.29) is 12.5 Å². The third-order valence-electron chi connectivity index (χ3n) is 5.72. The SMILES string of the molecule is O=C(COc1ccc(C2CCCCC2)cc1)Nc1ccc(Cc2ccncc2)cc1. The fourth-order valence-electron chi connectivity index (χ4n) is 4.06. The summed E-state index contributed by atoms with van der Waals surface area (Å²) in [6.07, 6.45) is 11.0. The molecule has 0 bridgehead atoms. The number of hydrogen-bond acceptors (Lipinski definition) is 3. The molecule has 2 aromatic carbocycles. The Balaban J connectivity index is 1.24. The van der Waals surface area contributed by atoms with Gasteiger partial charge in [0.25, 0.3) is 5.91 Å². The molecule has 1 aliphatic rings. The van der Waals surface area contributed by atoms with Gasteiger partial charge in [-0.25, -0.2) is 0 Å². The molecular formula is C26H28N2O2. The van der Waals surface area contributed by atoms with E-state index in [2.05, 4.69) is 22.4 Å². The average molecular weight is 401 g/mol. The molecule has 4 rings (SSSR count). The normalized spacial score (nSPS) is 14.3. The van der Waals surface area contributed by atoms with Gasteiger partial charge < -0.3 is 10.1 Å². The van der Waals surface area contributed by atoms with Crippen LogP contribution in [0.1, 0.15) is 54.7 Å². The number of pyridine rings is 1. The Labute approximate surface area is 178 Å². The molecule has 1 aliphatic carbocycles. The maximum Gasteiger partial charge on any atom is 0.262 e. The molecule has 0 atom stereocenters. The van der Waals surface area contributed by atoms with E-state index in [0.717, 1.165) is 17.9 Å². The van der Waals surface area contributed by atoms with Crippen LogP contribution in [0.25, 0.3) is 0 Å². The minimum atomic E-state index is -0.159. The zero-order valence-corrected chi connectivity index (χ0v) is 17.2. The highest BCUT2D eigenvalue weighted by Gasteiger charge is 2.15. The smallest absolute Gasteiger partial charge is 0.262 e. The van der Waals surface area contributed by atoms with E-state index in [1.54, 1.807) is 12.4 Å². The maximum absolute atomic E-state index is 12.2. The van der Waals surface area contributed by atoms with Crippen LogP contribution in [-0.2, 0) is 11.2 Å². The van der Waals surface area contributed by atoms with Crippen LogP contribution in [0.3, 0.4) is 0 Å². The molecule has 1 aromatic heterocycles. The molecule has 1 saturated carbocycles. The van der Waals surface area contributed by atoms with Gasteiger partial charge in [0.2, 0.25) is 0 Å². The standard InChI is InChI=1S/C26H28N2O2/c29-26(19-30-25-12-8-23(9-13-25)22-4-2-1-3-5-22)28-24-10-6-20(7-11-24)18-21-14-16-27-17-15-21/h6-17,22H,1-5,18-19H2,(H,28,29). The molecule has 1 N–H and O–H groups in total.